The number of amides is 4. The summed E-state index contributed by atoms with van der Waals surface area (Å²) in [6.45, 7) is 3.80. The first kappa shape index (κ1) is 31.6. The zero-order valence-electron chi connectivity index (χ0n) is 25.1. The Bertz CT molecular complexity index is 1650. The molecule has 3 N–H and O–H groups in total. The second kappa shape index (κ2) is 13.9. The number of urea groups is 1. The van der Waals surface area contributed by atoms with Crippen molar-refractivity contribution < 1.29 is 28.6 Å². The number of ether oxygens (including phenoxy) is 1. The molecule has 3 aromatic carbocycles. The topological polar surface area (TPSA) is 124 Å². The molecule has 2 heterocycles. The van der Waals surface area contributed by atoms with Gasteiger partial charge in [0, 0.05) is 47.9 Å². The molecule has 1 aliphatic heterocycles. The van der Waals surface area contributed by atoms with Crippen molar-refractivity contribution in [3.8, 4) is 16.3 Å². The number of hydrogen-bond donors (Lipinski definition) is 3. The molecule has 0 bridgehead atoms. The highest BCUT2D eigenvalue weighted by molar-refractivity contribution is 7.13. The van der Waals surface area contributed by atoms with Crippen molar-refractivity contribution in [2.75, 3.05) is 37.4 Å². The minimum atomic E-state index is -0.607. The average molecular weight is 632 g/mol. The smallest absolute Gasteiger partial charge is 0.321 e. The van der Waals surface area contributed by atoms with Crippen LogP contribution >= 0.6 is 11.3 Å². The Morgan fingerprint density at radius 3 is 2.53 bits per heavy atom. The fraction of sp³-hybridized carbons (Fsp3) is 0.273. The van der Waals surface area contributed by atoms with Gasteiger partial charge >= 0.3 is 6.03 Å². The van der Waals surface area contributed by atoms with Gasteiger partial charge in [-0.3, -0.25) is 9.59 Å². The lowest BCUT2D eigenvalue weighted by molar-refractivity contribution is 0.0372. The van der Waals surface area contributed by atoms with E-state index < -0.39 is 29.9 Å². The number of anilines is 2. The lowest BCUT2D eigenvalue weighted by atomic mass is 9.99. The van der Waals surface area contributed by atoms with Gasteiger partial charge in [-0.2, -0.15) is 0 Å². The van der Waals surface area contributed by atoms with E-state index in [1.54, 1.807) is 55.4 Å². The maximum absolute atomic E-state index is 13.8. The molecule has 5 rings (SSSR count). The molecule has 0 saturated heterocycles. The van der Waals surface area contributed by atoms with Gasteiger partial charge in [0.15, 0.2) is 5.75 Å². The van der Waals surface area contributed by atoms with Crippen LogP contribution in [0.5, 0.6) is 5.75 Å². The third-order valence-electron chi connectivity index (χ3n) is 7.66. The van der Waals surface area contributed by atoms with Crippen LogP contribution in [0.25, 0.3) is 10.6 Å². The van der Waals surface area contributed by atoms with Crippen LogP contribution < -0.4 is 15.4 Å². The Morgan fingerprint density at radius 2 is 1.87 bits per heavy atom. The third kappa shape index (κ3) is 7.30. The molecule has 12 heteroatoms. The lowest BCUT2D eigenvalue weighted by Gasteiger charge is -2.38. The summed E-state index contributed by atoms with van der Waals surface area (Å²) < 4.78 is 19.8. The summed E-state index contributed by atoms with van der Waals surface area (Å²) in [4.78, 5) is 47.5. The highest BCUT2D eigenvalue weighted by atomic mass is 32.1. The number of aromatic nitrogens is 1. The number of likely N-dealkylation sites (N-methyl/N-ethyl adjacent to an activating group) is 1. The van der Waals surface area contributed by atoms with Crippen LogP contribution in [0, 0.1) is 11.7 Å². The number of thiazole rings is 1. The molecule has 10 nitrogen and oxygen atoms in total. The fourth-order valence-electron chi connectivity index (χ4n) is 4.99. The maximum Gasteiger partial charge on any atom is 0.321 e. The Hall–Kier alpha value is -4.81. The third-order valence-corrected chi connectivity index (χ3v) is 8.48. The van der Waals surface area contributed by atoms with Gasteiger partial charge in [0.1, 0.15) is 16.9 Å². The number of rotatable bonds is 8. The van der Waals surface area contributed by atoms with Crippen molar-refractivity contribution in [3.63, 3.8) is 0 Å². The van der Waals surface area contributed by atoms with Gasteiger partial charge in [0.2, 0.25) is 0 Å². The van der Waals surface area contributed by atoms with Crippen molar-refractivity contribution >= 4 is 40.6 Å². The van der Waals surface area contributed by atoms with Crippen molar-refractivity contribution in [2.24, 2.45) is 5.92 Å². The number of fused-ring (bicyclic) bond motifs is 1. The van der Waals surface area contributed by atoms with Crippen LogP contribution in [0.2, 0.25) is 0 Å². The number of benzene rings is 3. The number of aliphatic hydroxyl groups is 1. The maximum atomic E-state index is 13.8. The van der Waals surface area contributed by atoms with E-state index in [-0.39, 0.29) is 42.8 Å². The Morgan fingerprint density at radius 1 is 1.13 bits per heavy atom. The molecule has 0 radical (unpaired) electrons. The number of nitrogens with one attached hydrogen (secondary N) is 2. The molecule has 4 aromatic rings. The van der Waals surface area contributed by atoms with E-state index in [4.69, 9.17) is 4.74 Å². The van der Waals surface area contributed by atoms with Gasteiger partial charge in [0.25, 0.3) is 11.8 Å². The molecule has 234 valence electrons. The van der Waals surface area contributed by atoms with Gasteiger partial charge in [0.05, 0.1) is 30.4 Å². The minimum Gasteiger partial charge on any atom is -0.485 e. The Kier molecular flexibility index (Phi) is 9.74. The summed E-state index contributed by atoms with van der Waals surface area (Å²) in [5, 5.41) is 18.3. The number of carbonyl (C=O) groups excluding carboxylic acids is 3. The van der Waals surface area contributed by atoms with Crippen LogP contribution in [0.3, 0.4) is 0 Å². The van der Waals surface area contributed by atoms with E-state index in [1.807, 2.05) is 24.4 Å². The molecule has 1 aromatic heterocycles. The van der Waals surface area contributed by atoms with Crippen molar-refractivity contribution in [2.45, 2.75) is 26.0 Å². The first-order valence-corrected chi connectivity index (χ1v) is 15.3. The van der Waals surface area contributed by atoms with E-state index in [1.165, 1.54) is 40.5 Å². The molecule has 45 heavy (non-hydrogen) atoms. The second-order valence-electron chi connectivity index (χ2n) is 11.0. The second-order valence-corrected chi connectivity index (χ2v) is 11.9. The quantitative estimate of drug-likeness (QED) is 0.233. The van der Waals surface area contributed by atoms with Crippen molar-refractivity contribution in [1.82, 2.24) is 14.8 Å². The zero-order valence-corrected chi connectivity index (χ0v) is 25.9. The Labute approximate surface area is 264 Å². The van der Waals surface area contributed by atoms with E-state index in [0.29, 0.717) is 16.9 Å². The number of carbonyl (C=O) groups is 3. The number of halogens is 1. The number of aliphatic hydroxyl groups excluding tert-OH is 1. The van der Waals surface area contributed by atoms with Gasteiger partial charge in [-0.15, -0.1) is 11.3 Å². The first-order valence-electron chi connectivity index (χ1n) is 14.4. The van der Waals surface area contributed by atoms with Crippen LogP contribution in [0.1, 0.15) is 34.6 Å². The minimum absolute atomic E-state index is 0.129. The summed E-state index contributed by atoms with van der Waals surface area (Å²) in [6.07, 6.45) is 1.11. The molecule has 0 spiro atoms. The molecular weight excluding hydrogens is 597 g/mol. The van der Waals surface area contributed by atoms with Crippen molar-refractivity contribution in [3.05, 3.63) is 95.3 Å². The van der Waals surface area contributed by atoms with Crippen LogP contribution in [-0.2, 0) is 0 Å². The molecule has 4 amide bonds. The largest absolute Gasteiger partial charge is 0.485 e. The van der Waals surface area contributed by atoms with E-state index in [9.17, 15) is 23.9 Å². The van der Waals surface area contributed by atoms with Gasteiger partial charge < -0.3 is 30.3 Å². The molecule has 0 unspecified atom stereocenters. The lowest BCUT2D eigenvalue weighted by Crippen LogP contribution is -2.50. The predicted octanol–water partition coefficient (Wildman–Crippen LogP) is 5.59. The van der Waals surface area contributed by atoms with Crippen LogP contribution in [0.4, 0.5) is 20.6 Å². The monoisotopic (exact) mass is 631 g/mol. The summed E-state index contributed by atoms with van der Waals surface area (Å²) in [5.41, 5.74) is 2.25. The van der Waals surface area contributed by atoms with Gasteiger partial charge in [-0.05, 0) is 55.5 Å². The average Bonchev–Trinajstić information content (AvgIpc) is 3.59. The highest BCUT2D eigenvalue weighted by Crippen LogP contribution is 2.35. The zero-order chi connectivity index (χ0) is 32.1. The SMILES string of the molecule is C[C@H](CO)N1C[C@H](C)[C@@H](CN(C)C(=O)Nc2ccc(F)cc2)Oc2c(NC(=O)c3ccc(-c4nccs4)cc3)cccc2C1=O. The molecular formula is C33H34FN5O5S. The number of para-hydroxylation sites is 1. The molecule has 0 fully saturated rings. The predicted molar refractivity (Wildman–Crippen MR) is 171 cm³/mol. The first-order chi connectivity index (χ1) is 21.6. The molecule has 0 aliphatic carbocycles. The van der Waals surface area contributed by atoms with Crippen molar-refractivity contribution in [1.29, 1.82) is 0 Å². The molecule has 0 saturated carbocycles. The van der Waals surface area contributed by atoms with E-state index >= 15 is 0 Å². The summed E-state index contributed by atoms with van der Waals surface area (Å²) in [6, 6.07) is 16.5. The normalized spacial score (nSPS) is 16.9. The van der Waals surface area contributed by atoms with Gasteiger partial charge in [-0.1, -0.05) is 25.1 Å². The summed E-state index contributed by atoms with van der Waals surface area (Å²) in [7, 11) is 1.61. The van der Waals surface area contributed by atoms with Crippen LogP contribution in [-0.4, -0.2) is 76.6 Å². The van der Waals surface area contributed by atoms with Crippen LogP contribution in [0.15, 0.2) is 78.3 Å². The standard InChI is InChI=1S/C33H34FN5O5S/c1-20-17-39(21(2)19-40)32(42)26-5-4-6-27(37-30(41)22-7-9-23(10-8-22)31-35-15-16-45-31)29(26)44-28(20)18-38(3)33(43)36-25-13-11-24(34)12-14-25/h4-16,20-21,28,40H,17-19H2,1-3H3,(H,36,43)(H,37,41)/t20-,21+,28+/m0/s1. The Balaban J connectivity index is 1.42. The van der Waals surface area contributed by atoms with E-state index in [2.05, 4.69) is 15.6 Å². The summed E-state index contributed by atoms with van der Waals surface area (Å²) >= 11 is 1.50. The van der Waals surface area contributed by atoms with Gasteiger partial charge in [-0.25, -0.2) is 14.2 Å². The number of nitrogens with zero attached hydrogens (tertiary/aromatic N) is 3. The summed E-state index contributed by atoms with van der Waals surface area (Å²) in [5.74, 6) is -1.26. The molecule has 1 aliphatic rings. The highest BCUT2D eigenvalue weighted by Gasteiger charge is 2.35. The molecule has 3 atom stereocenters. The van der Waals surface area contributed by atoms with E-state index in [0.717, 1.165) is 10.6 Å². The fourth-order valence-corrected chi connectivity index (χ4v) is 5.63. The number of hydrogen-bond acceptors (Lipinski definition) is 7.